The first-order valence-electron chi connectivity index (χ1n) is 5.61. The van der Waals surface area contributed by atoms with E-state index in [1.165, 1.54) is 0 Å². The van der Waals surface area contributed by atoms with Crippen LogP contribution in [0.25, 0.3) is 0 Å². The lowest BCUT2D eigenvalue weighted by Gasteiger charge is -2.57. The van der Waals surface area contributed by atoms with Crippen molar-refractivity contribution in [1.82, 2.24) is 10.2 Å². The van der Waals surface area contributed by atoms with Crippen LogP contribution in [0, 0.1) is 10.8 Å². The molecule has 3 atom stereocenters. The van der Waals surface area contributed by atoms with E-state index >= 15 is 0 Å². The molecule has 2 rings (SSSR count). The standard InChI is InChI=1S/C11H22N2O/c1-4-13-7-10(2)5-12-6-11(3,8-13)9(10)14/h9,12,14H,4-8H2,1-3H3/t9?,10-,11+. The van der Waals surface area contributed by atoms with Crippen molar-refractivity contribution in [3.63, 3.8) is 0 Å². The molecule has 0 radical (unpaired) electrons. The first-order valence-corrected chi connectivity index (χ1v) is 5.61. The van der Waals surface area contributed by atoms with E-state index in [2.05, 4.69) is 31.0 Å². The number of aliphatic hydroxyl groups is 1. The van der Waals surface area contributed by atoms with Gasteiger partial charge in [-0.3, -0.25) is 0 Å². The summed E-state index contributed by atoms with van der Waals surface area (Å²) >= 11 is 0. The molecule has 0 aliphatic carbocycles. The van der Waals surface area contributed by atoms with Gasteiger partial charge in [-0.2, -0.15) is 0 Å². The van der Waals surface area contributed by atoms with Gasteiger partial charge in [0.2, 0.25) is 0 Å². The van der Waals surface area contributed by atoms with Gasteiger partial charge in [0, 0.05) is 37.0 Å². The SMILES string of the molecule is CCN1C[C@]2(C)CNC[C@](C)(C1)C2O. The van der Waals surface area contributed by atoms with Crippen LogP contribution in [0.2, 0.25) is 0 Å². The second-order valence-electron chi connectivity index (χ2n) is 5.62. The average molecular weight is 198 g/mol. The van der Waals surface area contributed by atoms with Crippen molar-refractivity contribution in [3.8, 4) is 0 Å². The first kappa shape index (κ1) is 10.4. The molecule has 2 aliphatic heterocycles. The third-order valence-electron chi connectivity index (χ3n) is 3.99. The fourth-order valence-electron chi connectivity index (χ4n) is 3.25. The zero-order valence-corrected chi connectivity index (χ0v) is 9.51. The number of rotatable bonds is 1. The number of piperidine rings is 2. The quantitative estimate of drug-likeness (QED) is 0.636. The Morgan fingerprint density at radius 1 is 1.29 bits per heavy atom. The van der Waals surface area contributed by atoms with Crippen LogP contribution in [-0.4, -0.2) is 48.8 Å². The van der Waals surface area contributed by atoms with E-state index in [9.17, 15) is 5.11 Å². The summed E-state index contributed by atoms with van der Waals surface area (Å²) in [6, 6.07) is 0. The molecule has 2 N–H and O–H groups in total. The van der Waals surface area contributed by atoms with Crippen molar-refractivity contribution >= 4 is 0 Å². The van der Waals surface area contributed by atoms with E-state index in [4.69, 9.17) is 0 Å². The van der Waals surface area contributed by atoms with Crippen LogP contribution in [0.3, 0.4) is 0 Å². The Bertz CT molecular complexity index is 213. The Kier molecular flexibility index (Phi) is 2.37. The highest BCUT2D eigenvalue weighted by Gasteiger charge is 2.52. The monoisotopic (exact) mass is 198 g/mol. The Labute approximate surface area is 86.5 Å². The van der Waals surface area contributed by atoms with Gasteiger partial charge in [0.25, 0.3) is 0 Å². The second kappa shape index (κ2) is 3.19. The van der Waals surface area contributed by atoms with Gasteiger partial charge in [0.05, 0.1) is 6.10 Å². The summed E-state index contributed by atoms with van der Waals surface area (Å²) in [5.41, 5.74) is 0.0858. The fourth-order valence-corrected chi connectivity index (χ4v) is 3.25. The molecular weight excluding hydrogens is 176 g/mol. The van der Waals surface area contributed by atoms with Gasteiger partial charge in [0.1, 0.15) is 0 Å². The molecule has 2 fully saturated rings. The molecule has 0 aromatic heterocycles. The molecule has 2 heterocycles. The molecule has 0 saturated carbocycles. The van der Waals surface area contributed by atoms with E-state index in [0.717, 1.165) is 32.7 Å². The molecule has 3 heteroatoms. The summed E-state index contributed by atoms with van der Waals surface area (Å²) in [5, 5.41) is 13.8. The Balaban J connectivity index is 2.25. The van der Waals surface area contributed by atoms with Crippen molar-refractivity contribution in [1.29, 1.82) is 0 Å². The van der Waals surface area contributed by atoms with Crippen LogP contribution in [0.4, 0.5) is 0 Å². The lowest BCUT2D eigenvalue weighted by atomic mass is 9.63. The van der Waals surface area contributed by atoms with Gasteiger partial charge in [-0.1, -0.05) is 20.8 Å². The molecule has 2 aliphatic rings. The van der Waals surface area contributed by atoms with Crippen molar-refractivity contribution in [2.75, 3.05) is 32.7 Å². The maximum atomic E-state index is 10.4. The maximum Gasteiger partial charge on any atom is 0.0696 e. The first-order chi connectivity index (χ1) is 6.50. The normalized spacial score (nSPS) is 49.3. The molecule has 14 heavy (non-hydrogen) atoms. The van der Waals surface area contributed by atoms with E-state index in [-0.39, 0.29) is 16.9 Å². The number of hydrogen-bond donors (Lipinski definition) is 2. The highest BCUT2D eigenvalue weighted by Crippen LogP contribution is 2.42. The van der Waals surface area contributed by atoms with Crippen LogP contribution < -0.4 is 5.32 Å². The summed E-state index contributed by atoms with van der Waals surface area (Å²) in [6.45, 7) is 11.6. The summed E-state index contributed by atoms with van der Waals surface area (Å²) in [6.07, 6.45) is -0.154. The minimum absolute atomic E-state index is 0.0429. The van der Waals surface area contributed by atoms with E-state index < -0.39 is 0 Å². The number of likely N-dealkylation sites (tertiary alicyclic amines) is 1. The smallest absolute Gasteiger partial charge is 0.0696 e. The van der Waals surface area contributed by atoms with Gasteiger partial charge in [-0.15, -0.1) is 0 Å². The number of fused-ring (bicyclic) bond motifs is 2. The summed E-state index contributed by atoms with van der Waals surface area (Å²) in [7, 11) is 0. The molecule has 0 amide bonds. The molecule has 1 unspecified atom stereocenters. The van der Waals surface area contributed by atoms with Crippen LogP contribution in [0.5, 0.6) is 0 Å². The van der Waals surface area contributed by atoms with Gasteiger partial charge >= 0.3 is 0 Å². The average Bonchev–Trinajstić information content (AvgIpc) is 2.11. The van der Waals surface area contributed by atoms with E-state index in [1.807, 2.05) is 0 Å². The Morgan fingerprint density at radius 2 is 1.79 bits per heavy atom. The Hall–Kier alpha value is -0.120. The molecule has 2 saturated heterocycles. The number of aliphatic hydroxyl groups excluding tert-OH is 1. The maximum absolute atomic E-state index is 10.4. The molecule has 0 aromatic carbocycles. The summed E-state index contributed by atoms with van der Waals surface area (Å²) in [4.78, 5) is 2.47. The van der Waals surface area contributed by atoms with Crippen LogP contribution in [-0.2, 0) is 0 Å². The third-order valence-corrected chi connectivity index (χ3v) is 3.99. The van der Waals surface area contributed by atoms with Crippen LogP contribution >= 0.6 is 0 Å². The lowest BCUT2D eigenvalue weighted by Crippen LogP contribution is -2.69. The van der Waals surface area contributed by atoms with Gasteiger partial charge in [-0.05, 0) is 6.54 Å². The van der Waals surface area contributed by atoms with Crippen molar-refractivity contribution in [2.45, 2.75) is 26.9 Å². The molecule has 82 valence electrons. The van der Waals surface area contributed by atoms with Crippen molar-refractivity contribution in [3.05, 3.63) is 0 Å². The lowest BCUT2D eigenvalue weighted by molar-refractivity contribution is -0.140. The fraction of sp³-hybridized carbons (Fsp3) is 1.00. The predicted octanol–water partition coefficient (Wildman–Crippen LogP) is 0.299. The van der Waals surface area contributed by atoms with Gasteiger partial charge in [0.15, 0.2) is 0 Å². The van der Waals surface area contributed by atoms with Crippen LogP contribution in [0.15, 0.2) is 0 Å². The summed E-state index contributed by atoms with van der Waals surface area (Å²) in [5.74, 6) is 0. The zero-order valence-electron chi connectivity index (χ0n) is 9.51. The van der Waals surface area contributed by atoms with E-state index in [0.29, 0.717) is 0 Å². The second-order valence-corrected chi connectivity index (χ2v) is 5.62. The Morgan fingerprint density at radius 3 is 2.21 bits per heavy atom. The van der Waals surface area contributed by atoms with Crippen molar-refractivity contribution in [2.24, 2.45) is 10.8 Å². The van der Waals surface area contributed by atoms with Gasteiger partial charge < -0.3 is 15.3 Å². The molecule has 0 aromatic rings. The molecule has 3 nitrogen and oxygen atoms in total. The predicted molar refractivity (Wildman–Crippen MR) is 57.2 cm³/mol. The third kappa shape index (κ3) is 1.38. The molecule has 0 spiro atoms. The molecular formula is C11H22N2O. The van der Waals surface area contributed by atoms with E-state index in [1.54, 1.807) is 0 Å². The highest BCUT2D eigenvalue weighted by molar-refractivity contribution is 5.06. The number of hydrogen-bond acceptors (Lipinski definition) is 3. The van der Waals surface area contributed by atoms with Gasteiger partial charge in [-0.25, -0.2) is 0 Å². The minimum atomic E-state index is -0.154. The highest BCUT2D eigenvalue weighted by atomic mass is 16.3. The largest absolute Gasteiger partial charge is 0.392 e. The zero-order chi connectivity index (χ0) is 10.4. The molecule has 2 bridgehead atoms. The number of nitrogens with one attached hydrogen (secondary N) is 1. The number of nitrogens with zero attached hydrogens (tertiary/aromatic N) is 1. The van der Waals surface area contributed by atoms with Crippen LogP contribution in [0.1, 0.15) is 20.8 Å². The summed E-state index contributed by atoms with van der Waals surface area (Å²) < 4.78 is 0. The van der Waals surface area contributed by atoms with Crippen molar-refractivity contribution < 1.29 is 5.11 Å². The minimum Gasteiger partial charge on any atom is -0.392 e. The topological polar surface area (TPSA) is 35.5 Å².